The van der Waals surface area contributed by atoms with Gasteiger partial charge in [-0.25, -0.2) is 0 Å². The maximum atomic E-state index is 5.89. The van der Waals surface area contributed by atoms with Crippen molar-refractivity contribution >= 4 is 0 Å². The van der Waals surface area contributed by atoms with E-state index in [2.05, 4.69) is 19.2 Å². The average Bonchev–Trinajstić information content (AvgIpc) is 2.35. The second-order valence-electron chi connectivity index (χ2n) is 4.67. The van der Waals surface area contributed by atoms with E-state index in [4.69, 9.17) is 14.2 Å². The molecule has 1 saturated heterocycles. The molecule has 0 aromatic heterocycles. The van der Waals surface area contributed by atoms with Crippen molar-refractivity contribution in [2.45, 2.75) is 51.3 Å². The van der Waals surface area contributed by atoms with Gasteiger partial charge in [0, 0.05) is 19.2 Å². The summed E-state index contributed by atoms with van der Waals surface area (Å²) in [6, 6.07) is 1.12. The molecule has 1 aliphatic rings. The fraction of sp³-hybridized carbons (Fsp3) is 1.00. The summed E-state index contributed by atoms with van der Waals surface area (Å²) in [5, 5.41) is 3.59. The SMILES string of the molecule is CCC1NC(C)CCC1OCCOCCOC. The minimum Gasteiger partial charge on any atom is -0.382 e. The highest BCUT2D eigenvalue weighted by Crippen LogP contribution is 2.18. The molecular formula is C13H27NO3. The fourth-order valence-corrected chi connectivity index (χ4v) is 2.25. The van der Waals surface area contributed by atoms with Crippen molar-refractivity contribution in [3.05, 3.63) is 0 Å². The van der Waals surface area contributed by atoms with Crippen LogP contribution in [0.25, 0.3) is 0 Å². The summed E-state index contributed by atoms with van der Waals surface area (Å²) in [5.41, 5.74) is 0. The number of methoxy groups -OCH3 is 1. The van der Waals surface area contributed by atoms with Gasteiger partial charge in [-0.05, 0) is 26.2 Å². The van der Waals surface area contributed by atoms with Crippen LogP contribution in [0.15, 0.2) is 0 Å². The molecule has 1 fully saturated rings. The van der Waals surface area contributed by atoms with Crippen LogP contribution in [-0.2, 0) is 14.2 Å². The monoisotopic (exact) mass is 245 g/mol. The molecule has 0 amide bonds. The minimum atomic E-state index is 0.349. The summed E-state index contributed by atoms with van der Waals surface area (Å²) in [6.45, 7) is 7.10. The van der Waals surface area contributed by atoms with Gasteiger partial charge in [0.2, 0.25) is 0 Å². The smallest absolute Gasteiger partial charge is 0.0729 e. The van der Waals surface area contributed by atoms with E-state index in [1.807, 2.05) is 0 Å². The lowest BCUT2D eigenvalue weighted by molar-refractivity contribution is -0.0347. The molecule has 4 heteroatoms. The van der Waals surface area contributed by atoms with Crippen LogP contribution in [0.3, 0.4) is 0 Å². The predicted molar refractivity (Wildman–Crippen MR) is 68.3 cm³/mol. The third-order valence-electron chi connectivity index (χ3n) is 3.26. The van der Waals surface area contributed by atoms with Crippen LogP contribution in [-0.4, -0.2) is 51.7 Å². The molecule has 4 nitrogen and oxygen atoms in total. The molecule has 3 atom stereocenters. The Morgan fingerprint density at radius 2 is 1.88 bits per heavy atom. The normalized spacial score (nSPS) is 29.5. The van der Waals surface area contributed by atoms with Crippen molar-refractivity contribution in [1.29, 1.82) is 0 Å². The third-order valence-corrected chi connectivity index (χ3v) is 3.26. The van der Waals surface area contributed by atoms with E-state index < -0.39 is 0 Å². The molecule has 1 rings (SSSR count). The van der Waals surface area contributed by atoms with Crippen LogP contribution < -0.4 is 5.32 Å². The summed E-state index contributed by atoms with van der Waals surface area (Å²) in [5.74, 6) is 0. The molecule has 0 aromatic rings. The van der Waals surface area contributed by atoms with E-state index in [1.165, 1.54) is 6.42 Å². The Bertz CT molecular complexity index is 190. The molecule has 102 valence electrons. The lowest BCUT2D eigenvalue weighted by Gasteiger charge is -2.35. The molecule has 0 aliphatic carbocycles. The maximum absolute atomic E-state index is 5.89. The Balaban J connectivity index is 2.08. The van der Waals surface area contributed by atoms with Gasteiger partial charge in [-0.15, -0.1) is 0 Å². The van der Waals surface area contributed by atoms with Crippen LogP contribution >= 0.6 is 0 Å². The molecule has 17 heavy (non-hydrogen) atoms. The van der Waals surface area contributed by atoms with E-state index in [0.29, 0.717) is 44.6 Å². The van der Waals surface area contributed by atoms with Gasteiger partial charge in [0.1, 0.15) is 0 Å². The third kappa shape index (κ3) is 5.82. The van der Waals surface area contributed by atoms with Gasteiger partial charge in [-0.2, -0.15) is 0 Å². The molecule has 0 spiro atoms. The van der Waals surface area contributed by atoms with Crippen molar-refractivity contribution in [1.82, 2.24) is 5.32 Å². The van der Waals surface area contributed by atoms with Gasteiger partial charge in [-0.1, -0.05) is 6.92 Å². The van der Waals surface area contributed by atoms with E-state index in [0.717, 1.165) is 12.8 Å². The first-order valence-electron chi connectivity index (χ1n) is 6.72. The van der Waals surface area contributed by atoms with Gasteiger partial charge in [0.05, 0.1) is 32.5 Å². The lowest BCUT2D eigenvalue weighted by atomic mass is 9.95. The molecule has 0 saturated carbocycles. The van der Waals surface area contributed by atoms with E-state index in [1.54, 1.807) is 7.11 Å². The predicted octanol–water partition coefficient (Wildman–Crippen LogP) is 1.59. The molecule has 0 bridgehead atoms. The molecule has 0 aromatic carbocycles. The van der Waals surface area contributed by atoms with Crippen molar-refractivity contribution in [2.24, 2.45) is 0 Å². The van der Waals surface area contributed by atoms with Crippen molar-refractivity contribution in [3.8, 4) is 0 Å². The number of nitrogens with one attached hydrogen (secondary N) is 1. The topological polar surface area (TPSA) is 39.7 Å². The average molecular weight is 245 g/mol. The van der Waals surface area contributed by atoms with Crippen molar-refractivity contribution in [3.63, 3.8) is 0 Å². The molecule has 1 aliphatic heterocycles. The van der Waals surface area contributed by atoms with Crippen LogP contribution in [0.5, 0.6) is 0 Å². The number of hydrogen-bond acceptors (Lipinski definition) is 4. The molecular weight excluding hydrogens is 218 g/mol. The first kappa shape index (κ1) is 14.9. The van der Waals surface area contributed by atoms with Gasteiger partial charge >= 0.3 is 0 Å². The van der Waals surface area contributed by atoms with Crippen molar-refractivity contribution in [2.75, 3.05) is 33.5 Å². The summed E-state index contributed by atoms with van der Waals surface area (Å²) >= 11 is 0. The van der Waals surface area contributed by atoms with Crippen LogP contribution in [0.4, 0.5) is 0 Å². The second kappa shape index (κ2) is 8.86. The Kier molecular flexibility index (Phi) is 7.77. The summed E-state index contributed by atoms with van der Waals surface area (Å²) in [6.07, 6.45) is 3.83. The zero-order chi connectivity index (χ0) is 12.5. The standard InChI is InChI=1S/C13H27NO3/c1-4-12-13(6-5-11(2)14-12)17-10-9-16-8-7-15-3/h11-14H,4-10H2,1-3H3. The lowest BCUT2D eigenvalue weighted by Crippen LogP contribution is -2.50. The highest BCUT2D eigenvalue weighted by Gasteiger charge is 2.26. The van der Waals surface area contributed by atoms with E-state index in [9.17, 15) is 0 Å². The van der Waals surface area contributed by atoms with Crippen molar-refractivity contribution < 1.29 is 14.2 Å². The van der Waals surface area contributed by atoms with Crippen LogP contribution in [0, 0.1) is 0 Å². The quantitative estimate of drug-likeness (QED) is 0.659. The molecule has 3 unspecified atom stereocenters. The Morgan fingerprint density at radius 3 is 2.59 bits per heavy atom. The van der Waals surface area contributed by atoms with Gasteiger partial charge in [-0.3, -0.25) is 0 Å². The second-order valence-corrected chi connectivity index (χ2v) is 4.67. The highest BCUT2D eigenvalue weighted by molar-refractivity contribution is 4.84. The zero-order valence-electron chi connectivity index (χ0n) is 11.4. The summed E-state index contributed by atoms with van der Waals surface area (Å²) in [4.78, 5) is 0. The first-order valence-corrected chi connectivity index (χ1v) is 6.72. The highest BCUT2D eigenvalue weighted by atomic mass is 16.5. The number of hydrogen-bond donors (Lipinski definition) is 1. The molecule has 0 radical (unpaired) electrons. The molecule has 1 N–H and O–H groups in total. The first-order chi connectivity index (χ1) is 8.27. The minimum absolute atomic E-state index is 0.349. The van der Waals surface area contributed by atoms with E-state index in [-0.39, 0.29) is 0 Å². The fourth-order valence-electron chi connectivity index (χ4n) is 2.25. The van der Waals surface area contributed by atoms with E-state index >= 15 is 0 Å². The Morgan fingerprint density at radius 1 is 1.12 bits per heavy atom. The number of rotatable bonds is 8. The van der Waals surface area contributed by atoms with Crippen LogP contribution in [0.2, 0.25) is 0 Å². The van der Waals surface area contributed by atoms with Crippen LogP contribution in [0.1, 0.15) is 33.1 Å². The maximum Gasteiger partial charge on any atom is 0.0729 e. The zero-order valence-corrected chi connectivity index (χ0v) is 11.4. The molecule has 1 heterocycles. The summed E-state index contributed by atoms with van der Waals surface area (Å²) in [7, 11) is 1.68. The van der Waals surface area contributed by atoms with Gasteiger partial charge in [0.15, 0.2) is 0 Å². The number of ether oxygens (including phenoxy) is 3. The van der Waals surface area contributed by atoms with Gasteiger partial charge in [0.25, 0.3) is 0 Å². The number of piperidine rings is 1. The summed E-state index contributed by atoms with van der Waals surface area (Å²) < 4.78 is 16.2. The Hall–Kier alpha value is -0.160. The largest absolute Gasteiger partial charge is 0.382 e. The van der Waals surface area contributed by atoms with Gasteiger partial charge < -0.3 is 19.5 Å². The Labute approximate surface area is 105 Å².